The number of fused-ring (bicyclic) bond motifs is 2. The Kier molecular flexibility index (Phi) is 3.27. The van der Waals surface area contributed by atoms with Gasteiger partial charge in [0.05, 0.1) is 0 Å². The standard InChI is InChI=1S/C20H15FN2/c1-2-13-5-3-6-14-7-4-8-16(18(13)14)17-10-9-15-11-22-12-23-20(15)19(17)21/h3-12H,2H2,1H3. The lowest BCUT2D eigenvalue weighted by Gasteiger charge is -2.12. The van der Waals surface area contributed by atoms with Gasteiger partial charge in [0.15, 0.2) is 5.82 Å². The van der Waals surface area contributed by atoms with E-state index in [0.29, 0.717) is 16.5 Å². The minimum absolute atomic E-state index is 0.289. The third-order valence-electron chi connectivity index (χ3n) is 4.28. The van der Waals surface area contributed by atoms with Gasteiger partial charge in [0.1, 0.15) is 11.8 Å². The van der Waals surface area contributed by atoms with Gasteiger partial charge < -0.3 is 0 Å². The first-order valence-electron chi connectivity index (χ1n) is 7.69. The summed E-state index contributed by atoms with van der Waals surface area (Å²) >= 11 is 0. The molecule has 0 unspecified atom stereocenters. The van der Waals surface area contributed by atoms with Gasteiger partial charge in [-0.3, -0.25) is 0 Å². The van der Waals surface area contributed by atoms with Crippen LogP contribution in [-0.2, 0) is 6.42 Å². The molecule has 0 saturated carbocycles. The predicted octanol–water partition coefficient (Wildman–Crippen LogP) is 5.15. The Labute approximate surface area is 133 Å². The number of halogens is 1. The number of aromatic nitrogens is 2. The topological polar surface area (TPSA) is 25.8 Å². The van der Waals surface area contributed by atoms with E-state index in [2.05, 4.69) is 41.2 Å². The molecule has 0 fully saturated rings. The molecule has 0 aliphatic rings. The lowest BCUT2D eigenvalue weighted by Crippen LogP contribution is -1.93. The molecular weight excluding hydrogens is 287 g/mol. The van der Waals surface area contributed by atoms with Gasteiger partial charge in [0.2, 0.25) is 0 Å². The second-order valence-corrected chi connectivity index (χ2v) is 5.56. The lowest BCUT2D eigenvalue weighted by molar-refractivity contribution is 0.640. The third-order valence-corrected chi connectivity index (χ3v) is 4.28. The SMILES string of the molecule is CCc1cccc2cccc(-c3ccc4cncnc4c3F)c12. The number of nitrogens with zero attached hydrogens (tertiary/aromatic N) is 2. The first kappa shape index (κ1) is 13.8. The fourth-order valence-corrected chi connectivity index (χ4v) is 3.17. The van der Waals surface area contributed by atoms with Crippen LogP contribution in [0.3, 0.4) is 0 Å². The van der Waals surface area contributed by atoms with Gasteiger partial charge in [-0.05, 0) is 28.3 Å². The summed E-state index contributed by atoms with van der Waals surface area (Å²) < 4.78 is 15.0. The number of rotatable bonds is 2. The molecule has 3 heteroatoms. The van der Waals surface area contributed by atoms with Gasteiger partial charge in [-0.25, -0.2) is 14.4 Å². The summed E-state index contributed by atoms with van der Waals surface area (Å²) in [6, 6.07) is 15.9. The molecule has 0 atom stereocenters. The Morgan fingerprint density at radius 2 is 1.74 bits per heavy atom. The van der Waals surface area contributed by atoms with Gasteiger partial charge in [-0.15, -0.1) is 0 Å². The van der Waals surface area contributed by atoms with Crippen molar-refractivity contribution in [3.8, 4) is 11.1 Å². The third kappa shape index (κ3) is 2.16. The molecule has 2 nitrogen and oxygen atoms in total. The minimum Gasteiger partial charge on any atom is -0.244 e. The summed E-state index contributed by atoms with van der Waals surface area (Å²) in [5.41, 5.74) is 3.09. The van der Waals surface area contributed by atoms with E-state index in [4.69, 9.17) is 0 Å². The number of hydrogen-bond donors (Lipinski definition) is 0. The van der Waals surface area contributed by atoms with Crippen LogP contribution in [-0.4, -0.2) is 9.97 Å². The van der Waals surface area contributed by atoms with E-state index in [1.807, 2.05) is 24.3 Å². The van der Waals surface area contributed by atoms with Crippen molar-refractivity contribution < 1.29 is 4.39 Å². The molecule has 4 rings (SSSR count). The number of aryl methyl sites for hydroxylation is 1. The van der Waals surface area contributed by atoms with Crippen LogP contribution in [0.15, 0.2) is 61.1 Å². The quantitative estimate of drug-likeness (QED) is 0.511. The van der Waals surface area contributed by atoms with Gasteiger partial charge in [-0.2, -0.15) is 0 Å². The van der Waals surface area contributed by atoms with E-state index in [0.717, 1.165) is 22.8 Å². The van der Waals surface area contributed by atoms with Gasteiger partial charge >= 0.3 is 0 Å². The molecule has 0 spiro atoms. The molecule has 0 radical (unpaired) electrons. The van der Waals surface area contributed by atoms with Crippen LogP contribution < -0.4 is 0 Å². The molecule has 3 aromatic carbocycles. The fourth-order valence-electron chi connectivity index (χ4n) is 3.17. The number of benzene rings is 3. The first-order valence-corrected chi connectivity index (χ1v) is 7.69. The molecule has 0 aliphatic carbocycles. The normalized spacial score (nSPS) is 11.2. The van der Waals surface area contributed by atoms with Crippen molar-refractivity contribution >= 4 is 21.7 Å². The van der Waals surface area contributed by atoms with Crippen molar-refractivity contribution in [3.05, 3.63) is 72.4 Å². The molecule has 112 valence electrons. The van der Waals surface area contributed by atoms with Gasteiger partial charge in [-0.1, -0.05) is 55.5 Å². The Hall–Kier alpha value is -2.81. The van der Waals surface area contributed by atoms with E-state index in [1.165, 1.54) is 11.9 Å². The summed E-state index contributed by atoms with van der Waals surface area (Å²) in [4.78, 5) is 8.06. The van der Waals surface area contributed by atoms with Gasteiger partial charge in [0, 0.05) is 17.1 Å². The minimum atomic E-state index is -0.289. The fraction of sp³-hybridized carbons (Fsp3) is 0.100. The first-order chi connectivity index (χ1) is 11.3. The van der Waals surface area contributed by atoms with Crippen LogP contribution in [0, 0.1) is 5.82 Å². The Balaban J connectivity index is 2.09. The predicted molar refractivity (Wildman–Crippen MR) is 91.8 cm³/mol. The van der Waals surface area contributed by atoms with Crippen LogP contribution in [0.25, 0.3) is 32.8 Å². The summed E-state index contributed by atoms with van der Waals surface area (Å²) in [5, 5.41) is 2.96. The second kappa shape index (κ2) is 5.43. The molecular formula is C20H15FN2. The smallest absolute Gasteiger partial charge is 0.157 e. The van der Waals surface area contributed by atoms with E-state index in [1.54, 1.807) is 6.20 Å². The highest BCUT2D eigenvalue weighted by atomic mass is 19.1. The van der Waals surface area contributed by atoms with Crippen LogP contribution in [0.4, 0.5) is 4.39 Å². The molecule has 1 aromatic heterocycles. The molecule has 0 bridgehead atoms. The van der Waals surface area contributed by atoms with Crippen LogP contribution in [0.1, 0.15) is 12.5 Å². The zero-order chi connectivity index (χ0) is 15.8. The highest BCUT2D eigenvalue weighted by Crippen LogP contribution is 2.34. The van der Waals surface area contributed by atoms with E-state index in [9.17, 15) is 0 Å². The van der Waals surface area contributed by atoms with Crippen LogP contribution in [0.2, 0.25) is 0 Å². The summed E-state index contributed by atoms with van der Waals surface area (Å²) in [5.74, 6) is -0.289. The average molecular weight is 302 g/mol. The number of hydrogen-bond acceptors (Lipinski definition) is 2. The Bertz CT molecular complexity index is 1020. The maximum absolute atomic E-state index is 15.0. The van der Waals surface area contributed by atoms with E-state index >= 15 is 4.39 Å². The van der Waals surface area contributed by atoms with Crippen molar-refractivity contribution in [3.63, 3.8) is 0 Å². The molecule has 0 N–H and O–H groups in total. The Morgan fingerprint density at radius 3 is 2.57 bits per heavy atom. The van der Waals surface area contributed by atoms with Crippen molar-refractivity contribution in [2.75, 3.05) is 0 Å². The largest absolute Gasteiger partial charge is 0.244 e. The molecule has 0 amide bonds. The second-order valence-electron chi connectivity index (χ2n) is 5.56. The zero-order valence-electron chi connectivity index (χ0n) is 12.8. The van der Waals surface area contributed by atoms with Crippen LogP contribution >= 0.6 is 0 Å². The Morgan fingerprint density at radius 1 is 0.913 bits per heavy atom. The highest BCUT2D eigenvalue weighted by Gasteiger charge is 2.14. The summed E-state index contributed by atoms with van der Waals surface area (Å²) in [6.07, 6.45) is 3.93. The van der Waals surface area contributed by atoms with Crippen molar-refractivity contribution in [2.24, 2.45) is 0 Å². The summed E-state index contributed by atoms with van der Waals surface area (Å²) in [6.45, 7) is 2.12. The zero-order valence-corrected chi connectivity index (χ0v) is 12.8. The van der Waals surface area contributed by atoms with Crippen LogP contribution in [0.5, 0.6) is 0 Å². The molecule has 23 heavy (non-hydrogen) atoms. The molecule has 1 heterocycles. The molecule has 4 aromatic rings. The highest BCUT2D eigenvalue weighted by molar-refractivity contribution is 6.00. The average Bonchev–Trinajstić information content (AvgIpc) is 2.61. The summed E-state index contributed by atoms with van der Waals surface area (Å²) in [7, 11) is 0. The van der Waals surface area contributed by atoms with Crippen molar-refractivity contribution in [1.29, 1.82) is 0 Å². The van der Waals surface area contributed by atoms with Gasteiger partial charge in [0.25, 0.3) is 0 Å². The van der Waals surface area contributed by atoms with Crippen molar-refractivity contribution in [2.45, 2.75) is 13.3 Å². The maximum atomic E-state index is 15.0. The monoisotopic (exact) mass is 302 g/mol. The lowest BCUT2D eigenvalue weighted by atomic mass is 9.93. The molecule has 0 aliphatic heterocycles. The van der Waals surface area contributed by atoms with E-state index in [-0.39, 0.29) is 5.82 Å². The van der Waals surface area contributed by atoms with E-state index < -0.39 is 0 Å². The van der Waals surface area contributed by atoms with Crippen molar-refractivity contribution in [1.82, 2.24) is 9.97 Å². The maximum Gasteiger partial charge on any atom is 0.157 e. The molecule has 0 saturated heterocycles.